The SMILES string of the molecule is OCCNCCc1ncno1. The van der Waals surface area contributed by atoms with Crippen LogP contribution in [0.25, 0.3) is 0 Å². The molecule has 1 aromatic heterocycles. The van der Waals surface area contributed by atoms with Crippen molar-refractivity contribution >= 4 is 0 Å². The van der Waals surface area contributed by atoms with Gasteiger partial charge in [-0.3, -0.25) is 0 Å². The zero-order valence-electron chi connectivity index (χ0n) is 6.16. The van der Waals surface area contributed by atoms with E-state index >= 15 is 0 Å². The summed E-state index contributed by atoms with van der Waals surface area (Å²) >= 11 is 0. The van der Waals surface area contributed by atoms with Crippen LogP contribution in [-0.4, -0.2) is 34.9 Å². The van der Waals surface area contributed by atoms with Crippen LogP contribution in [0.4, 0.5) is 0 Å². The molecule has 0 unspecified atom stereocenters. The van der Waals surface area contributed by atoms with Gasteiger partial charge in [-0.05, 0) is 0 Å². The Bertz CT molecular complexity index is 176. The summed E-state index contributed by atoms with van der Waals surface area (Å²) in [5.74, 6) is 0.621. The first kappa shape index (κ1) is 8.16. The van der Waals surface area contributed by atoms with Crippen LogP contribution in [0.15, 0.2) is 10.9 Å². The molecule has 0 saturated heterocycles. The zero-order chi connectivity index (χ0) is 7.94. The van der Waals surface area contributed by atoms with Gasteiger partial charge in [0.25, 0.3) is 0 Å². The van der Waals surface area contributed by atoms with Crippen molar-refractivity contribution in [2.24, 2.45) is 0 Å². The quantitative estimate of drug-likeness (QED) is 0.547. The third kappa shape index (κ3) is 3.10. The first-order chi connectivity index (χ1) is 5.43. The van der Waals surface area contributed by atoms with Crippen LogP contribution < -0.4 is 5.32 Å². The fourth-order valence-corrected chi connectivity index (χ4v) is 0.706. The summed E-state index contributed by atoms with van der Waals surface area (Å²) in [7, 11) is 0. The van der Waals surface area contributed by atoms with Crippen LogP contribution in [0.1, 0.15) is 5.89 Å². The van der Waals surface area contributed by atoms with Crippen LogP contribution in [0.2, 0.25) is 0 Å². The number of hydrogen-bond acceptors (Lipinski definition) is 5. The number of rotatable bonds is 5. The van der Waals surface area contributed by atoms with Gasteiger partial charge in [0, 0.05) is 19.5 Å². The fraction of sp³-hybridized carbons (Fsp3) is 0.667. The second-order valence-corrected chi connectivity index (χ2v) is 2.06. The van der Waals surface area contributed by atoms with E-state index in [1.165, 1.54) is 6.33 Å². The Morgan fingerprint density at radius 3 is 3.09 bits per heavy atom. The number of aliphatic hydroxyl groups excluding tert-OH is 1. The predicted octanol–water partition coefficient (Wildman–Crippen LogP) is -0.806. The first-order valence-electron chi connectivity index (χ1n) is 3.50. The van der Waals surface area contributed by atoms with E-state index in [0.29, 0.717) is 18.9 Å². The maximum atomic E-state index is 8.41. The normalized spacial score (nSPS) is 10.3. The highest BCUT2D eigenvalue weighted by molar-refractivity contribution is 4.74. The first-order valence-corrected chi connectivity index (χ1v) is 3.50. The van der Waals surface area contributed by atoms with Crippen LogP contribution in [0, 0.1) is 0 Å². The number of nitrogens with one attached hydrogen (secondary N) is 1. The van der Waals surface area contributed by atoms with Gasteiger partial charge in [-0.25, -0.2) is 0 Å². The van der Waals surface area contributed by atoms with Crippen molar-refractivity contribution in [2.75, 3.05) is 19.7 Å². The summed E-state index contributed by atoms with van der Waals surface area (Å²) in [5.41, 5.74) is 0. The van der Waals surface area contributed by atoms with Gasteiger partial charge in [0.15, 0.2) is 6.33 Å². The molecule has 0 fully saturated rings. The smallest absolute Gasteiger partial charge is 0.227 e. The molecule has 5 nitrogen and oxygen atoms in total. The molecule has 0 saturated carbocycles. The monoisotopic (exact) mass is 157 g/mol. The molecule has 0 aromatic carbocycles. The molecule has 1 rings (SSSR count). The van der Waals surface area contributed by atoms with E-state index in [1.54, 1.807) is 0 Å². The summed E-state index contributed by atoms with van der Waals surface area (Å²) in [6.45, 7) is 1.51. The van der Waals surface area contributed by atoms with E-state index in [-0.39, 0.29) is 6.61 Å². The third-order valence-electron chi connectivity index (χ3n) is 1.21. The summed E-state index contributed by atoms with van der Waals surface area (Å²) in [5, 5.41) is 14.9. The molecule has 62 valence electrons. The average molecular weight is 157 g/mol. The van der Waals surface area contributed by atoms with Gasteiger partial charge in [-0.2, -0.15) is 4.98 Å². The van der Waals surface area contributed by atoms with E-state index in [1.807, 2.05) is 0 Å². The van der Waals surface area contributed by atoms with Crippen molar-refractivity contribution in [3.05, 3.63) is 12.2 Å². The van der Waals surface area contributed by atoms with Crippen molar-refractivity contribution in [1.29, 1.82) is 0 Å². The highest BCUT2D eigenvalue weighted by Crippen LogP contribution is 1.89. The van der Waals surface area contributed by atoms with Gasteiger partial charge >= 0.3 is 0 Å². The van der Waals surface area contributed by atoms with Crippen molar-refractivity contribution in [3.63, 3.8) is 0 Å². The second kappa shape index (κ2) is 4.81. The molecule has 5 heteroatoms. The maximum absolute atomic E-state index is 8.41. The minimum atomic E-state index is 0.157. The molecule has 11 heavy (non-hydrogen) atoms. The number of hydrogen-bond donors (Lipinski definition) is 2. The molecular formula is C6H11N3O2. The molecule has 0 atom stereocenters. The van der Waals surface area contributed by atoms with Crippen LogP contribution in [0.5, 0.6) is 0 Å². The summed E-state index contributed by atoms with van der Waals surface area (Å²) < 4.78 is 4.75. The van der Waals surface area contributed by atoms with E-state index in [9.17, 15) is 0 Å². The molecule has 0 spiro atoms. The Hall–Kier alpha value is -0.940. The number of aliphatic hydroxyl groups is 1. The summed E-state index contributed by atoms with van der Waals surface area (Å²) in [6.07, 6.45) is 2.08. The van der Waals surface area contributed by atoms with Crippen molar-refractivity contribution < 1.29 is 9.63 Å². The molecule has 0 radical (unpaired) electrons. The maximum Gasteiger partial charge on any atom is 0.227 e. The largest absolute Gasteiger partial charge is 0.395 e. The highest BCUT2D eigenvalue weighted by Gasteiger charge is 1.96. The van der Waals surface area contributed by atoms with Gasteiger partial charge in [-0.1, -0.05) is 5.16 Å². The average Bonchev–Trinajstić information content (AvgIpc) is 2.50. The molecule has 0 bridgehead atoms. The Labute approximate surface area is 64.4 Å². The van der Waals surface area contributed by atoms with Crippen molar-refractivity contribution in [3.8, 4) is 0 Å². The van der Waals surface area contributed by atoms with E-state index < -0.39 is 0 Å². The lowest BCUT2D eigenvalue weighted by atomic mass is 10.4. The van der Waals surface area contributed by atoms with Gasteiger partial charge in [0.05, 0.1) is 6.61 Å². The van der Waals surface area contributed by atoms with Crippen molar-refractivity contribution in [2.45, 2.75) is 6.42 Å². The second-order valence-electron chi connectivity index (χ2n) is 2.06. The van der Waals surface area contributed by atoms with E-state index in [4.69, 9.17) is 9.63 Å². The molecular weight excluding hydrogens is 146 g/mol. The minimum absolute atomic E-state index is 0.157. The van der Waals surface area contributed by atoms with Crippen LogP contribution in [-0.2, 0) is 6.42 Å². The lowest BCUT2D eigenvalue weighted by molar-refractivity contribution is 0.291. The van der Waals surface area contributed by atoms with Crippen LogP contribution >= 0.6 is 0 Å². The fourth-order valence-electron chi connectivity index (χ4n) is 0.706. The minimum Gasteiger partial charge on any atom is -0.395 e. The lowest BCUT2D eigenvalue weighted by Crippen LogP contribution is -2.20. The summed E-state index contributed by atoms with van der Waals surface area (Å²) in [4.78, 5) is 3.83. The van der Waals surface area contributed by atoms with Crippen LogP contribution in [0.3, 0.4) is 0 Å². The van der Waals surface area contributed by atoms with Gasteiger partial charge in [-0.15, -0.1) is 0 Å². The predicted molar refractivity (Wildman–Crippen MR) is 38.0 cm³/mol. The zero-order valence-corrected chi connectivity index (χ0v) is 6.16. The summed E-state index contributed by atoms with van der Waals surface area (Å²) in [6, 6.07) is 0. The molecule has 1 aromatic rings. The molecule has 0 aliphatic rings. The van der Waals surface area contributed by atoms with Gasteiger partial charge < -0.3 is 14.9 Å². The molecule has 0 amide bonds. The van der Waals surface area contributed by atoms with E-state index in [0.717, 1.165) is 6.54 Å². The number of nitrogens with zero attached hydrogens (tertiary/aromatic N) is 2. The molecule has 1 heterocycles. The molecule has 0 aliphatic carbocycles. The highest BCUT2D eigenvalue weighted by atomic mass is 16.5. The topological polar surface area (TPSA) is 71.2 Å². The Kier molecular flexibility index (Phi) is 3.57. The molecule has 2 N–H and O–H groups in total. The Morgan fingerprint density at radius 1 is 1.55 bits per heavy atom. The standard InChI is InChI=1S/C6H11N3O2/c10-4-3-7-2-1-6-8-5-9-11-6/h5,7,10H,1-4H2. The Morgan fingerprint density at radius 2 is 2.45 bits per heavy atom. The Balaban J connectivity index is 2.04. The third-order valence-corrected chi connectivity index (χ3v) is 1.21. The van der Waals surface area contributed by atoms with E-state index in [2.05, 4.69) is 15.5 Å². The van der Waals surface area contributed by atoms with Crippen molar-refractivity contribution in [1.82, 2.24) is 15.5 Å². The lowest BCUT2D eigenvalue weighted by Gasteiger charge is -1.97. The molecule has 0 aliphatic heterocycles. The van der Waals surface area contributed by atoms with Gasteiger partial charge in [0.2, 0.25) is 5.89 Å². The number of aromatic nitrogens is 2. The van der Waals surface area contributed by atoms with Gasteiger partial charge in [0.1, 0.15) is 0 Å².